The van der Waals surface area contributed by atoms with E-state index in [1.54, 1.807) is 24.3 Å². The van der Waals surface area contributed by atoms with Crippen molar-refractivity contribution in [3.8, 4) is 11.5 Å². The van der Waals surface area contributed by atoms with E-state index in [-0.39, 0.29) is 28.8 Å². The summed E-state index contributed by atoms with van der Waals surface area (Å²) >= 11 is 6.20. The molecule has 164 valence electrons. The molecule has 5 nitrogen and oxygen atoms in total. The summed E-state index contributed by atoms with van der Waals surface area (Å²) in [5.41, 5.74) is 0.465. The number of carbonyl (C=O) groups excluding carboxylic acids is 1. The first-order valence-corrected chi connectivity index (χ1v) is 10.8. The second-order valence-electron chi connectivity index (χ2n) is 7.13. The molecule has 0 fully saturated rings. The van der Waals surface area contributed by atoms with Gasteiger partial charge in [0.25, 0.3) is 0 Å². The average molecular weight is 436 g/mol. The zero-order valence-corrected chi connectivity index (χ0v) is 18.6. The van der Waals surface area contributed by atoms with Crippen LogP contribution in [0, 0.1) is 5.82 Å². The number of rotatable bonds is 12. The van der Waals surface area contributed by atoms with Gasteiger partial charge in [-0.25, -0.2) is 4.39 Å². The molecule has 0 aromatic heterocycles. The third kappa shape index (κ3) is 7.27. The number of benzene rings is 2. The van der Waals surface area contributed by atoms with Crippen LogP contribution in [0.15, 0.2) is 42.5 Å². The number of nitrogens with one attached hydrogen (secondary N) is 3. The molecule has 1 amide bonds. The van der Waals surface area contributed by atoms with Crippen molar-refractivity contribution in [2.45, 2.75) is 45.7 Å². The van der Waals surface area contributed by atoms with E-state index in [9.17, 15) is 4.79 Å². The summed E-state index contributed by atoms with van der Waals surface area (Å²) in [7, 11) is 0. The molecule has 30 heavy (non-hydrogen) atoms. The van der Waals surface area contributed by atoms with Crippen LogP contribution in [0.1, 0.15) is 45.2 Å². The van der Waals surface area contributed by atoms with Gasteiger partial charge >= 0.3 is 0 Å². The number of amides is 1. The van der Waals surface area contributed by atoms with E-state index in [1.807, 2.05) is 39.0 Å². The van der Waals surface area contributed by atoms with E-state index in [0.717, 1.165) is 13.1 Å². The molecule has 0 saturated carbocycles. The molecule has 2 atom stereocenters. The summed E-state index contributed by atoms with van der Waals surface area (Å²) in [5, 5.41) is 9.60. The monoisotopic (exact) mass is 435 g/mol. The highest BCUT2D eigenvalue weighted by Gasteiger charge is 2.22. The smallest absolute Gasteiger partial charge is 0.221 e. The van der Waals surface area contributed by atoms with Gasteiger partial charge in [-0.2, -0.15) is 0 Å². The van der Waals surface area contributed by atoms with E-state index < -0.39 is 5.82 Å². The normalized spacial score (nSPS) is 13.0. The van der Waals surface area contributed by atoms with Crippen LogP contribution in [0.25, 0.3) is 0 Å². The first-order valence-electron chi connectivity index (χ1n) is 10.4. The quantitative estimate of drug-likeness (QED) is 0.418. The van der Waals surface area contributed by atoms with Gasteiger partial charge in [0.05, 0.1) is 5.02 Å². The highest BCUT2D eigenvalue weighted by molar-refractivity contribution is 6.32. The Morgan fingerprint density at radius 1 is 1.13 bits per heavy atom. The lowest BCUT2D eigenvalue weighted by molar-refractivity contribution is -0.121. The highest BCUT2D eigenvalue weighted by atomic mass is 35.5. The minimum absolute atomic E-state index is 0.00874. The van der Waals surface area contributed by atoms with E-state index in [1.165, 1.54) is 0 Å². The number of hydrogen-bond donors (Lipinski definition) is 3. The standard InChI is InChI=1S/C23H31ClFN3O2/c1-4-20(28-16(3)15-21(29)27-14-13-26-5-2)18-11-12-19(24)23(22(18)25)30-17-9-7-6-8-10-17/h6-12,16,20,26,28H,4-5,13-15H2,1-3H3,(H,27,29)/t16-,20+/m0/s1. The predicted octanol–water partition coefficient (Wildman–Crippen LogP) is 4.82. The number of para-hydroxylation sites is 1. The molecular weight excluding hydrogens is 405 g/mol. The maximum atomic E-state index is 15.3. The van der Waals surface area contributed by atoms with E-state index in [4.69, 9.17) is 16.3 Å². The molecule has 2 aromatic rings. The summed E-state index contributed by atoms with van der Waals surface area (Å²) in [6, 6.07) is 11.9. The molecule has 0 saturated heterocycles. The van der Waals surface area contributed by atoms with Crippen molar-refractivity contribution < 1.29 is 13.9 Å². The Balaban J connectivity index is 2.05. The Morgan fingerprint density at radius 2 is 1.87 bits per heavy atom. The zero-order valence-electron chi connectivity index (χ0n) is 17.8. The van der Waals surface area contributed by atoms with Crippen molar-refractivity contribution >= 4 is 17.5 Å². The fourth-order valence-corrected chi connectivity index (χ4v) is 3.35. The van der Waals surface area contributed by atoms with Crippen LogP contribution in [0.5, 0.6) is 11.5 Å². The Hall–Kier alpha value is -2.15. The summed E-state index contributed by atoms with van der Waals surface area (Å²) in [5.74, 6) is -0.00562. The van der Waals surface area contributed by atoms with E-state index in [0.29, 0.717) is 30.7 Å². The van der Waals surface area contributed by atoms with Crippen molar-refractivity contribution in [1.82, 2.24) is 16.0 Å². The van der Waals surface area contributed by atoms with Crippen LogP contribution in [0.4, 0.5) is 4.39 Å². The van der Waals surface area contributed by atoms with Gasteiger partial charge in [0.1, 0.15) is 5.75 Å². The van der Waals surface area contributed by atoms with Crippen molar-refractivity contribution in [3.05, 3.63) is 58.9 Å². The van der Waals surface area contributed by atoms with Crippen LogP contribution < -0.4 is 20.7 Å². The van der Waals surface area contributed by atoms with Crippen molar-refractivity contribution in [2.75, 3.05) is 19.6 Å². The molecule has 0 bridgehead atoms. The molecule has 0 aliphatic carbocycles. The average Bonchev–Trinajstić information content (AvgIpc) is 2.73. The second kappa shape index (κ2) is 12.5. The summed E-state index contributed by atoms with van der Waals surface area (Å²) in [6.07, 6.45) is 0.959. The fraction of sp³-hybridized carbons (Fsp3) is 0.435. The van der Waals surface area contributed by atoms with Crippen LogP contribution in [-0.2, 0) is 4.79 Å². The van der Waals surface area contributed by atoms with Gasteiger partial charge in [0.2, 0.25) is 5.91 Å². The molecule has 0 heterocycles. The Morgan fingerprint density at radius 3 is 2.53 bits per heavy atom. The van der Waals surface area contributed by atoms with Gasteiger partial charge in [-0.3, -0.25) is 4.79 Å². The number of likely N-dealkylation sites (N-methyl/N-ethyl adjacent to an activating group) is 1. The SMILES string of the molecule is CCNCCNC(=O)C[C@H](C)N[C@H](CC)c1ccc(Cl)c(Oc2ccccc2)c1F. The van der Waals surface area contributed by atoms with Crippen molar-refractivity contribution in [2.24, 2.45) is 0 Å². The summed E-state index contributed by atoms with van der Waals surface area (Å²) < 4.78 is 21.0. The topological polar surface area (TPSA) is 62.4 Å². The number of ether oxygens (including phenoxy) is 1. The molecule has 7 heteroatoms. The largest absolute Gasteiger partial charge is 0.453 e. The molecule has 2 aromatic carbocycles. The molecule has 0 unspecified atom stereocenters. The van der Waals surface area contributed by atoms with Crippen LogP contribution in [-0.4, -0.2) is 31.6 Å². The number of halogens is 2. The van der Waals surface area contributed by atoms with E-state index in [2.05, 4.69) is 16.0 Å². The van der Waals surface area contributed by atoms with Gasteiger partial charge in [0, 0.05) is 37.2 Å². The maximum Gasteiger partial charge on any atom is 0.221 e. The molecule has 3 N–H and O–H groups in total. The Kier molecular flexibility index (Phi) is 10.1. The fourth-order valence-electron chi connectivity index (χ4n) is 3.16. The number of hydrogen-bond acceptors (Lipinski definition) is 4. The third-order valence-electron chi connectivity index (χ3n) is 4.68. The van der Waals surface area contributed by atoms with Gasteiger partial charge in [-0.05, 0) is 38.1 Å². The van der Waals surface area contributed by atoms with Crippen LogP contribution >= 0.6 is 11.6 Å². The first kappa shape index (κ1) is 24.1. The second-order valence-corrected chi connectivity index (χ2v) is 7.54. The molecule has 0 aliphatic heterocycles. The molecule has 0 radical (unpaired) electrons. The lowest BCUT2D eigenvalue weighted by Gasteiger charge is -2.24. The number of carbonyl (C=O) groups is 1. The van der Waals surface area contributed by atoms with Crippen LogP contribution in [0.2, 0.25) is 5.02 Å². The molecule has 2 rings (SSSR count). The molecule has 0 spiro atoms. The summed E-state index contributed by atoms with van der Waals surface area (Å²) in [4.78, 5) is 12.1. The summed E-state index contributed by atoms with van der Waals surface area (Å²) in [6.45, 7) is 8.10. The predicted molar refractivity (Wildman–Crippen MR) is 120 cm³/mol. The minimum Gasteiger partial charge on any atom is -0.453 e. The van der Waals surface area contributed by atoms with Gasteiger partial charge in [-0.15, -0.1) is 0 Å². The van der Waals surface area contributed by atoms with Gasteiger partial charge in [-0.1, -0.05) is 49.7 Å². The van der Waals surface area contributed by atoms with Crippen molar-refractivity contribution in [3.63, 3.8) is 0 Å². The lowest BCUT2D eigenvalue weighted by Crippen LogP contribution is -2.38. The molecular formula is C23H31ClFN3O2. The highest BCUT2D eigenvalue weighted by Crippen LogP contribution is 2.36. The van der Waals surface area contributed by atoms with Gasteiger partial charge in [0.15, 0.2) is 11.6 Å². The van der Waals surface area contributed by atoms with Crippen LogP contribution in [0.3, 0.4) is 0 Å². The van der Waals surface area contributed by atoms with E-state index >= 15 is 4.39 Å². The minimum atomic E-state index is -0.493. The Bertz CT molecular complexity index is 805. The first-order chi connectivity index (χ1) is 14.5. The lowest BCUT2D eigenvalue weighted by atomic mass is 10.0. The maximum absolute atomic E-state index is 15.3. The van der Waals surface area contributed by atoms with Gasteiger partial charge < -0.3 is 20.7 Å². The molecule has 0 aliphatic rings. The zero-order chi connectivity index (χ0) is 21.9. The van der Waals surface area contributed by atoms with Crippen molar-refractivity contribution in [1.29, 1.82) is 0 Å². The Labute approximate surface area is 183 Å². The third-order valence-corrected chi connectivity index (χ3v) is 4.97.